The topological polar surface area (TPSA) is 60.6 Å². The van der Waals surface area contributed by atoms with Crippen molar-refractivity contribution >= 4 is 0 Å². The molecule has 2 aromatic rings. The lowest BCUT2D eigenvalue weighted by Gasteiger charge is -2.33. The molecule has 1 aromatic carbocycles. The van der Waals surface area contributed by atoms with Gasteiger partial charge in [0.15, 0.2) is 5.82 Å². The molecule has 0 bridgehead atoms. The van der Waals surface area contributed by atoms with Crippen molar-refractivity contribution in [3.05, 3.63) is 41.5 Å². The van der Waals surface area contributed by atoms with Crippen LogP contribution in [0.25, 0.3) is 0 Å². The van der Waals surface area contributed by atoms with Crippen LogP contribution in [-0.2, 0) is 17.7 Å². The summed E-state index contributed by atoms with van der Waals surface area (Å²) in [6.45, 7) is 3.46. The van der Waals surface area contributed by atoms with Gasteiger partial charge in [0.1, 0.15) is 5.75 Å². The van der Waals surface area contributed by atoms with Crippen molar-refractivity contribution in [2.45, 2.75) is 64.0 Å². The van der Waals surface area contributed by atoms with E-state index in [9.17, 15) is 0 Å². The second-order valence-electron chi connectivity index (χ2n) is 8.36. The molecule has 6 heteroatoms. The number of rotatable bonds is 9. The van der Waals surface area contributed by atoms with E-state index in [1.165, 1.54) is 44.1 Å². The van der Waals surface area contributed by atoms with E-state index in [1.54, 1.807) is 7.11 Å². The van der Waals surface area contributed by atoms with Crippen LogP contribution in [0.2, 0.25) is 0 Å². The van der Waals surface area contributed by atoms with Crippen LogP contribution in [0.15, 0.2) is 28.8 Å². The molecule has 1 aliphatic carbocycles. The van der Waals surface area contributed by atoms with Gasteiger partial charge in [-0.05, 0) is 55.8 Å². The highest BCUT2D eigenvalue weighted by molar-refractivity contribution is 5.28. The third kappa shape index (κ3) is 5.58. The van der Waals surface area contributed by atoms with Crippen molar-refractivity contribution in [3.8, 4) is 5.75 Å². The Labute approximate surface area is 173 Å². The van der Waals surface area contributed by atoms with E-state index in [0.29, 0.717) is 6.61 Å². The Balaban J connectivity index is 1.32. The zero-order chi connectivity index (χ0) is 19.9. The van der Waals surface area contributed by atoms with E-state index < -0.39 is 0 Å². The lowest BCUT2D eigenvalue weighted by atomic mass is 10.0. The fourth-order valence-corrected chi connectivity index (χ4v) is 4.56. The van der Waals surface area contributed by atoms with E-state index in [0.717, 1.165) is 55.9 Å². The van der Waals surface area contributed by atoms with E-state index in [2.05, 4.69) is 22.2 Å². The zero-order valence-corrected chi connectivity index (χ0v) is 17.5. The first-order valence-electron chi connectivity index (χ1n) is 11.1. The molecule has 1 atom stereocenters. The van der Waals surface area contributed by atoms with Gasteiger partial charge in [-0.1, -0.05) is 36.6 Å². The van der Waals surface area contributed by atoms with Crippen LogP contribution in [0.5, 0.6) is 5.75 Å². The Morgan fingerprint density at radius 1 is 1.14 bits per heavy atom. The number of ether oxygens (including phenoxy) is 2. The first-order chi connectivity index (χ1) is 14.3. The molecule has 158 valence electrons. The minimum atomic E-state index is 0.190. The Morgan fingerprint density at radius 2 is 2.00 bits per heavy atom. The molecule has 2 heterocycles. The molecule has 29 heavy (non-hydrogen) atoms. The Bertz CT molecular complexity index is 757. The summed E-state index contributed by atoms with van der Waals surface area (Å²) >= 11 is 0. The Morgan fingerprint density at radius 3 is 2.86 bits per heavy atom. The number of benzene rings is 1. The highest BCUT2D eigenvalue weighted by Gasteiger charge is 2.29. The molecule has 0 radical (unpaired) electrons. The number of piperidine rings is 1. The van der Waals surface area contributed by atoms with Gasteiger partial charge in [-0.15, -0.1) is 0 Å². The predicted molar refractivity (Wildman–Crippen MR) is 111 cm³/mol. The van der Waals surface area contributed by atoms with Crippen LogP contribution in [0.4, 0.5) is 0 Å². The van der Waals surface area contributed by atoms with Crippen molar-refractivity contribution in [1.82, 2.24) is 15.0 Å². The lowest BCUT2D eigenvalue weighted by Crippen LogP contribution is -2.33. The average molecular weight is 400 g/mol. The largest absolute Gasteiger partial charge is 0.497 e. The maximum absolute atomic E-state index is 5.85. The van der Waals surface area contributed by atoms with Gasteiger partial charge in [0.05, 0.1) is 19.8 Å². The van der Waals surface area contributed by atoms with Crippen molar-refractivity contribution in [3.63, 3.8) is 0 Å². The number of hydrogen-bond acceptors (Lipinski definition) is 6. The molecule has 0 amide bonds. The number of hydrogen-bond donors (Lipinski definition) is 0. The maximum atomic E-state index is 5.85. The summed E-state index contributed by atoms with van der Waals surface area (Å²) < 4.78 is 16.9. The van der Waals surface area contributed by atoms with Crippen LogP contribution in [0.1, 0.15) is 68.3 Å². The monoisotopic (exact) mass is 399 g/mol. The Kier molecular flexibility index (Phi) is 7.17. The van der Waals surface area contributed by atoms with Gasteiger partial charge in [-0.25, -0.2) is 0 Å². The van der Waals surface area contributed by atoms with Gasteiger partial charge >= 0.3 is 0 Å². The summed E-state index contributed by atoms with van der Waals surface area (Å²) in [5, 5.41) is 4.22. The minimum absolute atomic E-state index is 0.190. The van der Waals surface area contributed by atoms with Crippen LogP contribution >= 0.6 is 0 Å². The Hall–Kier alpha value is -1.92. The van der Waals surface area contributed by atoms with Gasteiger partial charge in [0.25, 0.3) is 0 Å². The van der Waals surface area contributed by atoms with Gasteiger partial charge < -0.3 is 14.0 Å². The van der Waals surface area contributed by atoms with E-state index >= 15 is 0 Å². The highest BCUT2D eigenvalue weighted by atomic mass is 16.5. The molecule has 1 unspecified atom stereocenters. The summed E-state index contributed by atoms with van der Waals surface area (Å²) in [7, 11) is 1.71. The van der Waals surface area contributed by atoms with Gasteiger partial charge in [0.2, 0.25) is 5.89 Å². The normalized spacial score (nSPS) is 20.9. The number of nitrogens with zero attached hydrogens (tertiary/aromatic N) is 3. The van der Waals surface area contributed by atoms with Crippen LogP contribution in [0, 0.1) is 5.92 Å². The molecular formula is C23H33N3O3. The van der Waals surface area contributed by atoms with Gasteiger partial charge in [0, 0.05) is 19.6 Å². The molecular weight excluding hydrogens is 366 g/mol. The van der Waals surface area contributed by atoms with E-state index in [-0.39, 0.29) is 6.04 Å². The zero-order valence-electron chi connectivity index (χ0n) is 17.5. The third-order valence-electron chi connectivity index (χ3n) is 6.20. The summed E-state index contributed by atoms with van der Waals surface area (Å²) in [6, 6.07) is 8.47. The van der Waals surface area contributed by atoms with E-state index in [4.69, 9.17) is 19.0 Å². The summed E-state index contributed by atoms with van der Waals surface area (Å²) in [4.78, 5) is 7.16. The molecule has 2 fully saturated rings. The average Bonchev–Trinajstić information content (AvgIpc) is 3.44. The van der Waals surface area contributed by atoms with Crippen LogP contribution < -0.4 is 4.74 Å². The fraction of sp³-hybridized carbons (Fsp3) is 0.652. The summed E-state index contributed by atoms with van der Waals surface area (Å²) in [5.74, 6) is 3.16. The second-order valence-corrected chi connectivity index (χ2v) is 8.36. The molecule has 6 nitrogen and oxygen atoms in total. The van der Waals surface area contributed by atoms with Crippen molar-refractivity contribution in [2.24, 2.45) is 5.92 Å². The van der Waals surface area contributed by atoms with Crippen molar-refractivity contribution in [1.29, 1.82) is 0 Å². The first kappa shape index (κ1) is 20.4. The van der Waals surface area contributed by atoms with Crippen LogP contribution in [0.3, 0.4) is 0 Å². The smallest absolute Gasteiger partial charge is 0.244 e. The molecule has 1 aliphatic heterocycles. The maximum Gasteiger partial charge on any atom is 0.244 e. The standard InChI is InChI=1S/C23H33N3O3/c1-27-20-10-6-9-19(15-20)16-26-13-5-4-11-21(26)23-24-22(25-29-23)12-14-28-17-18-7-2-3-8-18/h6,9-10,15,18,21H,2-5,7-8,11-14,16-17H2,1H3. The minimum Gasteiger partial charge on any atom is -0.497 e. The van der Waals surface area contributed by atoms with E-state index in [1.807, 2.05) is 12.1 Å². The SMILES string of the molecule is COc1cccc(CN2CCCCC2c2nc(CCOCC3CCCC3)no2)c1. The summed E-state index contributed by atoms with van der Waals surface area (Å²) in [6.07, 6.45) is 9.53. The third-order valence-corrected chi connectivity index (χ3v) is 6.20. The van der Waals surface area contributed by atoms with Crippen molar-refractivity contribution < 1.29 is 14.0 Å². The van der Waals surface area contributed by atoms with Crippen molar-refractivity contribution in [2.75, 3.05) is 26.9 Å². The number of methoxy groups -OCH3 is 1. The van der Waals surface area contributed by atoms with Gasteiger partial charge in [-0.3, -0.25) is 4.90 Å². The predicted octanol–water partition coefficient (Wildman–Crippen LogP) is 4.55. The summed E-state index contributed by atoms with van der Waals surface area (Å²) in [5.41, 5.74) is 1.25. The molecule has 2 aliphatic rings. The van der Waals surface area contributed by atoms with Crippen LogP contribution in [-0.4, -0.2) is 41.9 Å². The quantitative estimate of drug-likeness (QED) is 0.576. The molecule has 1 saturated carbocycles. The number of likely N-dealkylation sites (tertiary alicyclic amines) is 1. The number of aromatic nitrogens is 2. The first-order valence-corrected chi connectivity index (χ1v) is 11.1. The lowest BCUT2D eigenvalue weighted by molar-refractivity contribution is 0.102. The molecule has 0 N–H and O–H groups in total. The molecule has 1 saturated heterocycles. The molecule has 4 rings (SSSR count). The molecule has 1 aromatic heterocycles. The van der Waals surface area contributed by atoms with Gasteiger partial charge in [-0.2, -0.15) is 4.98 Å². The molecule has 0 spiro atoms. The second kappa shape index (κ2) is 10.2. The fourth-order valence-electron chi connectivity index (χ4n) is 4.56. The highest BCUT2D eigenvalue weighted by Crippen LogP contribution is 2.31.